The summed E-state index contributed by atoms with van der Waals surface area (Å²) >= 11 is 7.18. The second kappa shape index (κ2) is 4.70. The van der Waals surface area contributed by atoms with Crippen molar-refractivity contribution in [2.75, 3.05) is 5.32 Å². The SMILES string of the molecule is O=C(CC1(O)C(=O)Nc2ccc(Cl)cc21)c1cccs1. The molecule has 0 saturated carbocycles. The molecule has 0 fully saturated rings. The van der Waals surface area contributed by atoms with E-state index in [2.05, 4.69) is 5.32 Å². The Bertz CT molecular complexity index is 698. The number of fused-ring (bicyclic) bond motifs is 1. The molecule has 20 heavy (non-hydrogen) atoms. The predicted octanol–water partition coefficient (Wildman–Crippen LogP) is 2.81. The van der Waals surface area contributed by atoms with Crippen LogP contribution < -0.4 is 5.32 Å². The molecule has 1 aromatic carbocycles. The van der Waals surface area contributed by atoms with Crippen molar-refractivity contribution < 1.29 is 14.7 Å². The number of ketones is 1. The molecule has 1 aliphatic rings. The second-order valence-electron chi connectivity index (χ2n) is 4.58. The molecule has 4 nitrogen and oxygen atoms in total. The van der Waals surface area contributed by atoms with Gasteiger partial charge in [0.1, 0.15) is 0 Å². The average molecular weight is 308 g/mol. The first-order valence-electron chi connectivity index (χ1n) is 5.91. The van der Waals surface area contributed by atoms with Crippen LogP contribution in [-0.2, 0) is 10.4 Å². The summed E-state index contributed by atoms with van der Waals surface area (Å²) in [6.45, 7) is 0. The van der Waals surface area contributed by atoms with Crippen molar-refractivity contribution in [3.05, 3.63) is 51.2 Å². The van der Waals surface area contributed by atoms with Crippen molar-refractivity contribution in [2.24, 2.45) is 0 Å². The van der Waals surface area contributed by atoms with Crippen LogP contribution in [0.2, 0.25) is 5.02 Å². The number of carbonyl (C=O) groups is 2. The van der Waals surface area contributed by atoms with Crippen LogP contribution in [0.15, 0.2) is 35.7 Å². The van der Waals surface area contributed by atoms with Gasteiger partial charge in [0.2, 0.25) is 0 Å². The average Bonchev–Trinajstić information content (AvgIpc) is 3.00. The fourth-order valence-electron chi connectivity index (χ4n) is 2.25. The Labute approximate surface area is 124 Å². The zero-order chi connectivity index (χ0) is 14.3. The van der Waals surface area contributed by atoms with Gasteiger partial charge in [-0.25, -0.2) is 0 Å². The molecule has 102 valence electrons. The predicted molar refractivity (Wildman–Crippen MR) is 77.2 cm³/mol. The van der Waals surface area contributed by atoms with Crippen molar-refractivity contribution in [3.8, 4) is 0 Å². The molecular weight excluding hydrogens is 298 g/mol. The Hall–Kier alpha value is -1.69. The number of rotatable bonds is 3. The van der Waals surface area contributed by atoms with E-state index in [-0.39, 0.29) is 12.2 Å². The first-order valence-corrected chi connectivity index (χ1v) is 7.17. The maximum Gasteiger partial charge on any atom is 0.261 e. The maximum atomic E-state index is 12.1. The summed E-state index contributed by atoms with van der Waals surface area (Å²) in [7, 11) is 0. The van der Waals surface area contributed by atoms with Crippen LogP contribution in [0.25, 0.3) is 0 Å². The van der Waals surface area contributed by atoms with E-state index in [4.69, 9.17) is 11.6 Å². The fourth-order valence-corrected chi connectivity index (χ4v) is 3.08. The number of hydrogen-bond donors (Lipinski definition) is 2. The number of halogens is 1. The largest absolute Gasteiger partial charge is 0.375 e. The normalized spacial score (nSPS) is 20.6. The van der Waals surface area contributed by atoms with Gasteiger partial charge in [0, 0.05) is 16.3 Å². The van der Waals surface area contributed by atoms with Gasteiger partial charge in [0.15, 0.2) is 11.4 Å². The van der Waals surface area contributed by atoms with Crippen LogP contribution in [0, 0.1) is 0 Å². The van der Waals surface area contributed by atoms with Crippen LogP contribution in [0.5, 0.6) is 0 Å². The van der Waals surface area contributed by atoms with Gasteiger partial charge < -0.3 is 10.4 Å². The minimum atomic E-state index is -1.86. The molecule has 1 aromatic heterocycles. The third-order valence-corrected chi connectivity index (χ3v) is 4.41. The van der Waals surface area contributed by atoms with Crippen molar-refractivity contribution in [2.45, 2.75) is 12.0 Å². The van der Waals surface area contributed by atoms with Gasteiger partial charge in [-0.15, -0.1) is 11.3 Å². The number of carbonyl (C=O) groups excluding carboxylic acids is 2. The van der Waals surface area contributed by atoms with Crippen LogP contribution in [-0.4, -0.2) is 16.8 Å². The molecule has 2 aromatic rings. The number of nitrogens with one attached hydrogen (secondary N) is 1. The molecule has 1 aliphatic heterocycles. The summed E-state index contributed by atoms with van der Waals surface area (Å²) in [6, 6.07) is 8.16. The molecule has 0 bridgehead atoms. The highest BCUT2D eigenvalue weighted by Crippen LogP contribution is 2.40. The smallest absolute Gasteiger partial charge is 0.261 e. The zero-order valence-corrected chi connectivity index (χ0v) is 11.8. The highest BCUT2D eigenvalue weighted by atomic mass is 35.5. The van der Waals surface area contributed by atoms with Crippen LogP contribution >= 0.6 is 22.9 Å². The van der Waals surface area contributed by atoms with E-state index in [0.717, 1.165) is 0 Å². The van der Waals surface area contributed by atoms with Gasteiger partial charge in [-0.05, 0) is 29.6 Å². The Balaban J connectivity index is 1.98. The van der Waals surface area contributed by atoms with Gasteiger partial charge in [-0.2, -0.15) is 0 Å². The third kappa shape index (κ3) is 2.04. The van der Waals surface area contributed by atoms with Gasteiger partial charge in [0.05, 0.1) is 11.3 Å². The van der Waals surface area contributed by atoms with E-state index >= 15 is 0 Å². The Morgan fingerprint density at radius 1 is 1.40 bits per heavy atom. The highest BCUT2D eigenvalue weighted by molar-refractivity contribution is 7.12. The standard InChI is InChI=1S/C14H10ClNO3S/c15-8-3-4-10-9(6-8)14(19,13(18)16-10)7-11(17)12-2-1-5-20-12/h1-6,19H,7H2,(H,16,18). The van der Waals surface area contributed by atoms with E-state index in [1.165, 1.54) is 17.4 Å². The van der Waals surface area contributed by atoms with Crippen LogP contribution in [0.4, 0.5) is 5.69 Å². The molecule has 1 amide bonds. The second-order valence-corrected chi connectivity index (χ2v) is 5.97. The third-order valence-electron chi connectivity index (χ3n) is 3.26. The van der Waals surface area contributed by atoms with E-state index in [1.807, 2.05) is 0 Å². The van der Waals surface area contributed by atoms with Crippen molar-refractivity contribution in [1.29, 1.82) is 0 Å². The highest BCUT2D eigenvalue weighted by Gasteiger charge is 2.47. The van der Waals surface area contributed by atoms with Gasteiger partial charge in [0.25, 0.3) is 5.91 Å². The summed E-state index contributed by atoms with van der Waals surface area (Å²) in [5.74, 6) is -0.870. The fraction of sp³-hybridized carbons (Fsp3) is 0.143. The summed E-state index contributed by atoms with van der Waals surface area (Å²) in [5, 5.41) is 15.4. The lowest BCUT2D eigenvalue weighted by Crippen LogP contribution is -2.36. The number of thiophene rings is 1. The molecule has 0 radical (unpaired) electrons. The molecule has 3 rings (SSSR count). The van der Waals surface area contributed by atoms with Crippen LogP contribution in [0.1, 0.15) is 21.7 Å². The maximum absolute atomic E-state index is 12.1. The summed E-state index contributed by atoms with van der Waals surface area (Å²) in [6.07, 6.45) is -0.299. The van der Waals surface area contributed by atoms with Crippen molar-refractivity contribution in [1.82, 2.24) is 0 Å². The Morgan fingerprint density at radius 2 is 2.20 bits per heavy atom. The lowest BCUT2D eigenvalue weighted by atomic mass is 9.89. The Kier molecular flexibility index (Phi) is 3.12. The molecule has 0 saturated heterocycles. The van der Waals surface area contributed by atoms with Crippen LogP contribution in [0.3, 0.4) is 0 Å². The summed E-state index contributed by atoms with van der Waals surface area (Å²) < 4.78 is 0. The number of benzene rings is 1. The van der Waals surface area contributed by atoms with E-state index in [1.54, 1.807) is 29.6 Å². The van der Waals surface area contributed by atoms with E-state index in [0.29, 0.717) is 21.2 Å². The number of hydrogen-bond acceptors (Lipinski definition) is 4. The van der Waals surface area contributed by atoms with E-state index < -0.39 is 11.5 Å². The van der Waals surface area contributed by atoms with Crippen molar-refractivity contribution in [3.63, 3.8) is 0 Å². The van der Waals surface area contributed by atoms with Crippen molar-refractivity contribution >= 4 is 40.3 Å². The topological polar surface area (TPSA) is 66.4 Å². The minimum absolute atomic E-state index is 0.273. The summed E-state index contributed by atoms with van der Waals surface area (Å²) in [4.78, 5) is 24.7. The lowest BCUT2D eigenvalue weighted by Gasteiger charge is -2.19. The van der Waals surface area contributed by atoms with Gasteiger partial charge in [-0.1, -0.05) is 17.7 Å². The lowest BCUT2D eigenvalue weighted by molar-refractivity contribution is -0.133. The molecule has 2 heterocycles. The molecule has 1 atom stereocenters. The van der Waals surface area contributed by atoms with Gasteiger partial charge >= 0.3 is 0 Å². The minimum Gasteiger partial charge on any atom is -0.375 e. The number of amides is 1. The quantitative estimate of drug-likeness (QED) is 0.857. The monoisotopic (exact) mass is 307 g/mol. The number of Topliss-reactive ketones (excluding diaryl/α,β-unsaturated/α-hetero) is 1. The number of aliphatic hydroxyl groups is 1. The number of anilines is 1. The summed E-state index contributed by atoms with van der Waals surface area (Å²) in [5.41, 5.74) is -1.03. The molecule has 0 aliphatic carbocycles. The van der Waals surface area contributed by atoms with E-state index in [9.17, 15) is 14.7 Å². The molecular formula is C14H10ClNO3S. The van der Waals surface area contributed by atoms with Gasteiger partial charge in [-0.3, -0.25) is 9.59 Å². The zero-order valence-electron chi connectivity index (χ0n) is 10.2. The Morgan fingerprint density at radius 3 is 2.90 bits per heavy atom. The molecule has 1 unspecified atom stereocenters. The molecule has 0 spiro atoms. The molecule has 6 heteroatoms. The first kappa shape index (κ1) is 13.3. The molecule has 2 N–H and O–H groups in total. The first-order chi connectivity index (χ1) is 9.50.